The standard InChI is InChI=1S/C36H47FN4O6.C34H43FN4O6.C20H25N2.C18H33P.C7H6.2ClH.Ru/c1-6-13-40-23-27(20-32(40)42)34(44)38-30(19-26-17-28(37)21-29(18-26)46-16-7-2)33(43)31-24-39(22-25-11-9-8-10-12-25)14-15-41(31)35(45)47-36(3,4)5;1-34(2,3)45-33(43)39-13-12-37(20-23-9-5-4-6-10-23)22-29(39)31(41)28-17-24-15-26(35)19-27(16-24)44-14-8-7-11-38-21-25(18-30(38)40)32(42)36-28;1-14-6-7-19(16(3)10-14)21-8-9-22(13-21)20-17(4)11-15(2)12-18(20)5;1-4-10-16(11-5-1)19(17-12-6-2-7-13-17)18-14-8-3-9-15-18;1-7-5-3-2-4-6-7;;;/h6-12,17-18,21,27,30-31,33,43H,1-2,13-16,19-20,22-24H2,3-5H3,(H,38,44);4-10,15-16,19,25,28-29,31,41H,11-14,17-18,20-22H2,1-3H3,(H,36,42);6-7,10-13H,8-9H2,1-5H3;16-18H,1-15H2;1-6H;2*1H;/q;;-1;;;;;+2/p-1/t27?,30-,31+,33-;25?,28-,29+,31-;;;;;;/m00....../s1. The summed E-state index contributed by atoms with van der Waals surface area (Å²) >= 11 is -1.61. The van der Waals surface area contributed by atoms with Crippen molar-refractivity contribution in [2.24, 2.45) is 11.8 Å². The third kappa shape index (κ3) is 34.6. The number of hydrogen-bond donors (Lipinski definition) is 4. The molecule has 6 heterocycles. The molecule has 16 rings (SSSR count). The van der Waals surface area contributed by atoms with Crippen LogP contribution in [0.3, 0.4) is 0 Å². The topological polar surface area (TPSA) is 230 Å². The summed E-state index contributed by atoms with van der Waals surface area (Å²) in [6, 6.07) is 46.1. The number of aliphatic hydroxyl groups is 2. The van der Waals surface area contributed by atoms with E-state index in [4.69, 9.17) is 38.3 Å². The molecule has 0 radical (unpaired) electrons. The fourth-order valence-electron chi connectivity index (χ4n) is 21.7. The van der Waals surface area contributed by atoms with E-state index in [1.54, 1.807) is 184 Å². The molecule has 4 bridgehead atoms. The molecule has 6 amide bonds. The van der Waals surface area contributed by atoms with Crippen LogP contribution in [0.15, 0.2) is 195 Å². The first kappa shape index (κ1) is 112. The molecule has 778 valence electrons. The van der Waals surface area contributed by atoms with Crippen molar-refractivity contribution in [1.29, 1.82) is 0 Å². The van der Waals surface area contributed by atoms with Gasteiger partial charge in [-0.2, -0.15) is 6.67 Å². The van der Waals surface area contributed by atoms with Crippen LogP contribution in [0.25, 0.3) is 0 Å². The number of rotatable bonds is 23. The number of nitrogens with zero attached hydrogens (tertiary/aromatic N) is 8. The molecule has 9 aliphatic rings. The average Bonchev–Trinajstić information content (AvgIpc) is 1.79. The number of piperazine rings is 2. The third-order valence-electron chi connectivity index (χ3n) is 28.2. The predicted octanol–water partition coefficient (Wildman–Crippen LogP) is 20.7. The molecule has 2 unspecified atom stereocenters. The van der Waals surface area contributed by atoms with Gasteiger partial charge in [-0.15, -0.1) is 6.58 Å². The van der Waals surface area contributed by atoms with Gasteiger partial charge in [0.1, 0.15) is 47.5 Å². The van der Waals surface area contributed by atoms with Crippen molar-refractivity contribution < 1.29 is 80.2 Å². The van der Waals surface area contributed by atoms with E-state index in [9.17, 15) is 47.8 Å². The van der Waals surface area contributed by atoms with E-state index in [0.29, 0.717) is 75.8 Å². The summed E-state index contributed by atoms with van der Waals surface area (Å²) in [5.41, 5.74) is 15.8. The molecule has 3 saturated carbocycles. The summed E-state index contributed by atoms with van der Waals surface area (Å²) in [6.45, 7) is 38.3. The van der Waals surface area contributed by atoms with E-state index in [1.807, 2.05) is 95.6 Å². The van der Waals surface area contributed by atoms with Crippen molar-refractivity contribution in [3.63, 3.8) is 0 Å². The maximum atomic E-state index is 14.7. The Bertz CT molecular complexity index is 5320. The van der Waals surface area contributed by atoms with Crippen molar-refractivity contribution >= 4 is 79.1 Å². The number of benzene rings is 7. The van der Waals surface area contributed by atoms with Crippen LogP contribution in [0.1, 0.15) is 206 Å². The number of aryl methyl sites for hydroxylation is 5. The van der Waals surface area contributed by atoms with Gasteiger partial charge in [-0.1, -0.05) is 140 Å². The Morgan fingerprint density at radius 2 is 1.13 bits per heavy atom. The Balaban J connectivity index is 0.000000173. The zero-order chi connectivity index (χ0) is 102. The number of carbonyl (C=O) groups is 6. The van der Waals surface area contributed by atoms with Crippen LogP contribution in [0.2, 0.25) is 0 Å². The van der Waals surface area contributed by atoms with Crippen molar-refractivity contribution in [2.45, 2.75) is 276 Å². The van der Waals surface area contributed by atoms with Gasteiger partial charge >= 0.3 is 85.6 Å². The number of amides is 6. The van der Waals surface area contributed by atoms with Crippen LogP contribution in [-0.2, 0) is 68.1 Å². The van der Waals surface area contributed by atoms with Crippen molar-refractivity contribution in [2.75, 3.05) is 102 Å². The normalized spacial score (nSPS) is 21.0. The zero-order valence-corrected chi connectivity index (χ0v) is 90.2. The van der Waals surface area contributed by atoms with Crippen molar-refractivity contribution in [1.82, 2.24) is 40.0 Å². The van der Waals surface area contributed by atoms with Crippen LogP contribution >= 0.6 is 27.3 Å². The van der Waals surface area contributed by atoms with Gasteiger partial charge in [0.05, 0.1) is 65.2 Å². The van der Waals surface area contributed by atoms with E-state index in [1.165, 1.54) is 90.2 Å². The molecule has 0 aromatic heterocycles. The number of likely N-dealkylation sites (tertiary alicyclic amines) is 1. The summed E-state index contributed by atoms with van der Waals surface area (Å²) in [4.78, 5) is 94.7. The second kappa shape index (κ2) is 54.8. The van der Waals surface area contributed by atoms with Gasteiger partial charge in [0.2, 0.25) is 23.6 Å². The first-order valence-corrected chi connectivity index (χ1v) is 58.8. The summed E-state index contributed by atoms with van der Waals surface area (Å²) in [5.74, 6) is -2.76. The fourth-order valence-corrected chi connectivity index (χ4v) is 28.7. The molecule has 3 aliphatic carbocycles. The van der Waals surface area contributed by atoms with E-state index in [-0.39, 0.29) is 89.9 Å². The molecule has 5 saturated heterocycles. The average molecular weight is 2110 g/mol. The Kier molecular flexibility index (Phi) is 43.1. The number of fused-ring (bicyclic) bond motifs is 4. The minimum absolute atomic E-state index is 0.0281. The predicted molar refractivity (Wildman–Crippen MR) is 571 cm³/mol. The molecule has 28 heteroatoms. The summed E-state index contributed by atoms with van der Waals surface area (Å²) < 4.78 is 54.2. The van der Waals surface area contributed by atoms with Crippen molar-refractivity contribution in [3.8, 4) is 11.5 Å². The number of hydrogen-bond acceptors (Lipinski definition) is 16. The minimum atomic E-state index is -1.61. The number of nitrogens with one attached hydrogen (secondary N) is 2. The number of anilines is 2. The summed E-state index contributed by atoms with van der Waals surface area (Å²) in [6.07, 6.45) is 27.0. The molecule has 7 aromatic carbocycles. The Morgan fingerprint density at radius 1 is 0.587 bits per heavy atom. The molecule has 8 fully saturated rings. The van der Waals surface area contributed by atoms with E-state index < -0.39 is 103 Å². The molecule has 0 spiro atoms. The monoisotopic (exact) mass is 2110 g/mol. The van der Waals surface area contributed by atoms with Gasteiger partial charge in [-0.25, -0.2) is 18.4 Å². The first-order chi connectivity index (χ1) is 68.5. The molecule has 7 aromatic rings. The summed E-state index contributed by atoms with van der Waals surface area (Å²) in [7, 11) is 11.3. The van der Waals surface area contributed by atoms with Crippen LogP contribution in [0.5, 0.6) is 11.5 Å². The van der Waals surface area contributed by atoms with Crippen molar-refractivity contribution in [3.05, 3.63) is 269 Å². The van der Waals surface area contributed by atoms with Crippen LogP contribution in [0, 0.1) is 64.8 Å². The quantitative estimate of drug-likeness (QED) is 0.0202. The van der Waals surface area contributed by atoms with Gasteiger partial charge in [0.25, 0.3) is 0 Å². The maximum absolute atomic E-state index is 14.7. The van der Waals surface area contributed by atoms with E-state index in [0.717, 1.165) is 29.8 Å². The molecule has 6 aliphatic heterocycles. The molecule has 4 N–H and O–H groups in total. The summed E-state index contributed by atoms with van der Waals surface area (Å²) in [5, 5.41) is 30.2. The van der Waals surface area contributed by atoms with Gasteiger partial charge in [0, 0.05) is 136 Å². The number of ether oxygens (including phenoxy) is 4. The zero-order valence-electron chi connectivity index (χ0n) is 85.9. The molecular weight excluding hydrogens is 1950 g/mol. The number of aliphatic hydroxyl groups excluding tert-OH is 2. The fraction of sp³-hybridized carbons (Fsp3) is 0.513. The molecular formula is C115H155Cl2F2N10O12PRu. The molecule has 22 nitrogen and oxygen atoms in total. The van der Waals surface area contributed by atoms with Gasteiger partial charge in [-0.3, -0.25) is 38.8 Å². The Labute approximate surface area is 863 Å². The second-order valence-corrected chi connectivity index (χ2v) is 51.1. The van der Waals surface area contributed by atoms with E-state index >= 15 is 0 Å². The Morgan fingerprint density at radius 3 is 1.69 bits per heavy atom. The second-order valence-electron chi connectivity index (χ2n) is 42.0. The van der Waals surface area contributed by atoms with Gasteiger partial charge in [-0.05, 0) is 241 Å². The van der Waals surface area contributed by atoms with Crippen LogP contribution in [0.4, 0.5) is 29.7 Å². The van der Waals surface area contributed by atoms with Crippen LogP contribution in [-0.4, -0.2) is 236 Å². The molecule has 8 atom stereocenters. The SMILES string of the molecule is C1CCC([PH+](C2CCCCC2)C2CCCCC2)CC1.C=CCOc1cc(F)cc(C[C@H](NC(=O)C2CC(=O)N(CC=C)C2)[C@H](O)[C@H]2CN(Cc3ccccc3)CCN2C(=O)OC(C)(C)C)c1.CC(C)(C)OC(=O)N1CCN(Cc2ccccc2)C[C@@H]1[C@@H](O)[C@@H]1Cc2cc(F)cc(c2)OCC=CCN2CC(CC2=O)C(=O)N1.Cc1ccc(N2[CH-]N(c3c(C)cc(C)cc3C)CC2)c(C)c1.[Cl][Ru]([Cl])=[CH]c1ccccc1. The van der Waals surface area contributed by atoms with Gasteiger partial charge in [0.15, 0.2) is 0 Å². The Hall–Kier alpha value is -9.42. The van der Waals surface area contributed by atoms with Gasteiger partial charge < -0.3 is 59.4 Å². The molecule has 143 heavy (non-hydrogen) atoms. The van der Waals surface area contributed by atoms with Crippen LogP contribution < -0.4 is 29.9 Å². The number of carbonyl (C=O) groups excluding carboxylic acids is 6. The number of halogens is 4. The first-order valence-electron chi connectivity index (χ1n) is 51.5. The van der Waals surface area contributed by atoms with E-state index in [2.05, 4.69) is 115 Å². The third-order valence-corrected chi connectivity index (χ3v) is 34.6.